The second kappa shape index (κ2) is 7.01. The first-order chi connectivity index (χ1) is 11.3. The smallest absolute Gasteiger partial charge is 0.245 e. The fraction of sp³-hybridized carbons (Fsp3) is 0.333. The van der Waals surface area contributed by atoms with E-state index in [4.69, 9.17) is 4.74 Å². The van der Waals surface area contributed by atoms with Crippen molar-refractivity contribution >= 4 is 22.9 Å². The maximum Gasteiger partial charge on any atom is 0.245 e. The molecule has 0 spiro atoms. The molecule has 8 nitrogen and oxygen atoms in total. The number of hydrogen-bond donors (Lipinski definition) is 2. The van der Waals surface area contributed by atoms with Gasteiger partial charge >= 0.3 is 0 Å². The Hall–Kier alpha value is -2.74. The minimum absolute atomic E-state index is 0.0730. The maximum absolute atomic E-state index is 5.14. The molecule has 3 aromatic rings. The highest BCUT2D eigenvalue weighted by atomic mass is 16.6. The van der Waals surface area contributed by atoms with E-state index in [2.05, 4.69) is 35.5 Å². The number of benzene rings is 1. The van der Waals surface area contributed by atoms with Gasteiger partial charge in [-0.05, 0) is 22.8 Å². The molecule has 0 fully saturated rings. The molecule has 120 valence electrons. The number of fused-ring (bicyclic) bond motifs is 1. The molecule has 0 amide bonds. The zero-order valence-electron chi connectivity index (χ0n) is 13.0. The summed E-state index contributed by atoms with van der Waals surface area (Å²) >= 11 is 0. The quantitative estimate of drug-likeness (QED) is 0.684. The maximum atomic E-state index is 5.14. The number of aromatic nitrogens is 4. The standard InChI is InChI=1S/C15H18N6O2/c1-10(9-22-2)17-13-12(16-8-11-6-4-3-5-7-11)18-14-15(19-13)21-23-20-14/h3-7,10H,8-9H2,1-2H3,(H,16,18,20)(H,17,19,21). The molecule has 2 N–H and O–H groups in total. The van der Waals surface area contributed by atoms with Gasteiger partial charge < -0.3 is 15.4 Å². The van der Waals surface area contributed by atoms with E-state index in [1.165, 1.54) is 0 Å². The lowest BCUT2D eigenvalue weighted by Crippen LogP contribution is -2.22. The van der Waals surface area contributed by atoms with Gasteiger partial charge in [-0.1, -0.05) is 30.3 Å². The van der Waals surface area contributed by atoms with Crippen LogP contribution in [0, 0.1) is 0 Å². The lowest BCUT2D eigenvalue weighted by Gasteiger charge is -2.16. The molecular formula is C15H18N6O2. The predicted molar refractivity (Wildman–Crippen MR) is 86.1 cm³/mol. The summed E-state index contributed by atoms with van der Waals surface area (Å²) in [4.78, 5) is 8.83. The van der Waals surface area contributed by atoms with Crippen LogP contribution < -0.4 is 10.6 Å². The highest BCUT2D eigenvalue weighted by Gasteiger charge is 2.14. The Kier molecular flexibility index (Phi) is 4.62. The third-order valence-corrected chi connectivity index (χ3v) is 3.22. The van der Waals surface area contributed by atoms with Gasteiger partial charge in [0.15, 0.2) is 11.6 Å². The van der Waals surface area contributed by atoms with Crippen molar-refractivity contribution < 1.29 is 9.37 Å². The van der Waals surface area contributed by atoms with E-state index in [9.17, 15) is 0 Å². The summed E-state index contributed by atoms with van der Waals surface area (Å²) in [5, 5.41) is 14.0. The number of ether oxygens (including phenoxy) is 1. The van der Waals surface area contributed by atoms with Crippen LogP contribution >= 0.6 is 0 Å². The zero-order chi connectivity index (χ0) is 16.1. The van der Waals surface area contributed by atoms with Crippen LogP contribution in [0.1, 0.15) is 12.5 Å². The van der Waals surface area contributed by atoms with Crippen LogP contribution in [0.2, 0.25) is 0 Å². The van der Waals surface area contributed by atoms with Crippen LogP contribution in [0.4, 0.5) is 11.6 Å². The van der Waals surface area contributed by atoms with Crippen LogP contribution in [-0.2, 0) is 11.3 Å². The Morgan fingerprint density at radius 1 is 1.09 bits per heavy atom. The largest absolute Gasteiger partial charge is 0.383 e. The number of methoxy groups -OCH3 is 1. The summed E-state index contributed by atoms with van der Waals surface area (Å²) in [6.45, 7) is 3.17. The predicted octanol–water partition coefficient (Wildman–Crippen LogP) is 2.07. The number of anilines is 2. The molecule has 0 bridgehead atoms. The second-order valence-corrected chi connectivity index (χ2v) is 5.17. The average Bonchev–Trinajstić information content (AvgIpc) is 3.01. The van der Waals surface area contributed by atoms with Crippen molar-refractivity contribution in [2.75, 3.05) is 24.4 Å². The Bertz CT molecular complexity index is 761. The number of nitrogens with one attached hydrogen (secondary N) is 2. The Labute approximate surface area is 133 Å². The third kappa shape index (κ3) is 3.72. The van der Waals surface area contributed by atoms with Crippen LogP contribution in [0.25, 0.3) is 11.3 Å². The van der Waals surface area contributed by atoms with Gasteiger partial charge in [0.05, 0.1) is 6.61 Å². The van der Waals surface area contributed by atoms with Crippen molar-refractivity contribution in [2.24, 2.45) is 0 Å². The SMILES string of the molecule is COCC(C)Nc1nc2nonc2nc1NCc1ccccc1. The Morgan fingerprint density at radius 2 is 1.78 bits per heavy atom. The van der Waals surface area contributed by atoms with Crippen molar-refractivity contribution in [2.45, 2.75) is 19.5 Å². The van der Waals surface area contributed by atoms with Crippen molar-refractivity contribution in [1.29, 1.82) is 0 Å². The van der Waals surface area contributed by atoms with Gasteiger partial charge in [0.2, 0.25) is 11.3 Å². The molecule has 3 rings (SSSR count). The first-order valence-electron chi connectivity index (χ1n) is 7.30. The van der Waals surface area contributed by atoms with Crippen LogP contribution in [0.3, 0.4) is 0 Å². The summed E-state index contributed by atoms with van der Waals surface area (Å²) in [6, 6.07) is 10.1. The van der Waals surface area contributed by atoms with Crippen LogP contribution in [0.15, 0.2) is 35.0 Å². The Morgan fingerprint density at radius 3 is 2.48 bits per heavy atom. The molecule has 0 radical (unpaired) electrons. The van der Waals surface area contributed by atoms with E-state index in [-0.39, 0.29) is 6.04 Å². The van der Waals surface area contributed by atoms with E-state index in [0.29, 0.717) is 36.1 Å². The summed E-state index contributed by atoms with van der Waals surface area (Å²) in [5.74, 6) is 1.19. The summed E-state index contributed by atoms with van der Waals surface area (Å²) in [5.41, 5.74) is 1.87. The number of rotatable bonds is 7. The fourth-order valence-electron chi connectivity index (χ4n) is 2.17. The molecule has 2 heterocycles. The van der Waals surface area contributed by atoms with Gasteiger partial charge in [-0.3, -0.25) is 0 Å². The van der Waals surface area contributed by atoms with Gasteiger partial charge in [-0.25, -0.2) is 14.6 Å². The van der Waals surface area contributed by atoms with E-state index < -0.39 is 0 Å². The Balaban J connectivity index is 1.83. The van der Waals surface area contributed by atoms with Crippen molar-refractivity contribution in [1.82, 2.24) is 20.3 Å². The first kappa shape index (κ1) is 15.2. The monoisotopic (exact) mass is 314 g/mol. The molecule has 0 saturated heterocycles. The van der Waals surface area contributed by atoms with Crippen LogP contribution in [0.5, 0.6) is 0 Å². The zero-order valence-corrected chi connectivity index (χ0v) is 13.0. The molecule has 0 aliphatic carbocycles. The molecule has 1 aromatic carbocycles. The molecular weight excluding hydrogens is 296 g/mol. The van der Waals surface area contributed by atoms with E-state index >= 15 is 0 Å². The summed E-state index contributed by atoms with van der Waals surface area (Å²) < 4.78 is 9.82. The molecule has 0 saturated carbocycles. The van der Waals surface area contributed by atoms with E-state index in [1.54, 1.807) is 7.11 Å². The molecule has 23 heavy (non-hydrogen) atoms. The van der Waals surface area contributed by atoms with Gasteiger partial charge in [-0.2, -0.15) is 0 Å². The van der Waals surface area contributed by atoms with Gasteiger partial charge in [0, 0.05) is 19.7 Å². The molecule has 1 unspecified atom stereocenters. The number of nitrogens with zero attached hydrogens (tertiary/aromatic N) is 4. The highest BCUT2D eigenvalue weighted by Crippen LogP contribution is 2.21. The normalized spacial score (nSPS) is 12.3. The van der Waals surface area contributed by atoms with Crippen molar-refractivity contribution in [3.63, 3.8) is 0 Å². The van der Waals surface area contributed by atoms with Crippen molar-refractivity contribution in [3.8, 4) is 0 Å². The molecule has 0 aliphatic rings. The lowest BCUT2D eigenvalue weighted by molar-refractivity contribution is 0.190. The second-order valence-electron chi connectivity index (χ2n) is 5.17. The lowest BCUT2D eigenvalue weighted by atomic mass is 10.2. The third-order valence-electron chi connectivity index (χ3n) is 3.22. The topological polar surface area (TPSA) is 98.0 Å². The van der Waals surface area contributed by atoms with Gasteiger partial charge in [-0.15, -0.1) is 0 Å². The molecule has 1 atom stereocenters. The highest BCUT2D eigenvalue weighted by molar-refractivity contribution is 5.73. The summed E-state index contributed by atoms with van der Waals surface area (Å²) in [7, 11) is 1.66. The fourth-order valence-corrected chi connectivity index (χ4v) is 2.17. The molecule has 0 aliphatic heterocycles. The van der Waals surface area contributed by atoms with E-state index in [0.717, 1.165) is 5.56 Å². The minimum Gasteiger partial charge on any atom is -0.383 e. The van der Waals surface area contributed by atoms with Crippen LogP contribution in [-0.4, -0.2) is 40.0 Å². The van der Waals surface area contributed by atoms with E-state index in [1.807, 2.05) is 37.3 Å². The minimum atomic E-state index is 0.0730. The van der Waals surface area contributed by atoms with Gasteiger partial charge in [0.1, 0.15) is 0 Å². The number of hydrogen-bond acceptors (Lipinski definition) is 8. The average molecular weight is 314 g/mol. The first-order valence-corrected chi connectivity index (χ1v) is 7.30. The molecule has 2 aromatic heterocycles. The molecule has 8 heteroatoms. The van der Waals surface area contributed by atoms with Gasteiger partial charge in [0.25, 0.3) is 0 Å². The van der Waals surface area contributed by atoms with Crippen molar-refractivity contribution in [3.05, 3.63) is 35.9 Å². The summed E-state index contributed by atoms with van der Waals surface area (Å²) in [6.07, 6.45) is 0.